The summed E-state index contributed by atoms with van der Waals surface area (Å²) in [5.74, 6) is 2.71. The van der Waals surface area contributed by atoms with E-state index in [1.165, 1.54) is 12.1 Å². The lowest BCUT2D eigenvalue weighted by Crippen LogP contribution is -1.96. The molecule has 3 rings (SSSR count). The molecule has 0 unspecified atom stereocenters. The largest absolute Gasteiger partial charge is 0.493 e. The van der Waals surface area contributed by atoms with E-state index in [4.69, 9.17) is 9.47 Å². The molecule has 0 fully saturated rings. The first-order chi connectivity index (χ1) is 13.0. The Kier molecular flexibility index (Phi) is 5.60. The molecule has 0 aliphatic carbocycles. The van der Waals surface area contributed by atoms with E-state index in [0.717, 1.165) is 16.3 Å². The predicted molar refractivity (Wildman–Crippen MR) is 102 cm³/mol. The molecule has 0 radical (unpaired) electrons. The van der Waals surface area contributed by atoms with Crippen molar-refractivity contribution in [2.24, 2.45) is 7.05 Å². The van der Waals surface area contributed by atoms with Gasteiger partial charge in [0.25, 0.3) is 5.69 Å². The predicted octanol–water partition coefficient (Wildman–Crippen LogP) is 3.70. The van der Waals surface area contributed by atoms with Crippen molar-refractivity contribution >= 4 is 17.4 Å². The zero-order valence-corrected chi connectivity index (χ0v) is 15.9. The highest BCUT2D eigenvalue weighted by atomic mass is 32.2. The zero-order valence-electron chi connectivity index (χ0n) is 15.1. The average molecular weight is 386 g/mol. The smallest absolute Gasteiger partial charge is 0.269 e. The second-order valence-electron chi connectivity index (χ2n) is 5.65. The topological polar surface area (TPSA) is 92.3 Å². The van der Waals surface area contributed by atoms with E-state index in [0.29, 0.717) is 23.1 Å². The lowest BCUT2D eigenvalue weighted by molar-refractivity contribution is -0.384. The van der Waals surface area contributed by atoms with Gasteiger partial charge in [0.05, 0.1) is 19.1 Å². The van der Waals surface area contributed by atoms with Crippen LogP contribution in [0.1, 0.15) is 5.56 Å². The maximum atomic E-state index is 10.8. The Hall–Kier alpha value is -3.07. The van der Waals surface area contributed by atoms with Crippen molar-refractivity contribution in [2.75, 3.05) is 14.2 Å². The molecule has 2 aromatic carbocycles. The Morgan fingerprint density at radius 1 is 1.07 bits per heavy atom. The van der Waals surface area contributed by atoms with Gasteiger partial charge in [-0.05, 0) is 29.8 Å². The molecule has 1 heterocycles. The van der Waals surface area contributed by atoms with E-state index in [-0.39, 0.29) is 5.69 Å². The number of non-ortho nitro benzene ring substituents is 1. The first kappa shape index (κ1) is 18.7. The summed E-state index contributed by atoms with van der Waals surface area (Å²) in [6.45, 7) is 0. The zero-order chi connectivity index (χ0) is 19.4. The van der Waals surface area contributed by atoms with E-state index >= 15 is 0 Å². The maximum absolute atomic E-state index is 10.8. The summed E-state index contributed by atoms with van der Waals surface area (Å²) in [5, 5.41) is 20.0. The van der Waals surface area contributed by atoms with Crippen LogP contribution in [0.15, 0.2) is 47.6 Å². The summed E-state index contributed by atoms with van der Waals surface area (Å²) >= 11 is 1.54. The van der Waals surface area contributed by atoms with Gasteiger partial charge in [-0.2, -0.15) is 0 Å². The van der Waals surface area contributed by atoms with Crippen LogP contribution in [0.3, 0.4) is 0 Å². The van der Waals surface area contributed by atoms with E-state index < -0.39 is 4.92 Å². The fourth-order valence-electron chi connectivity index (χ4n) is 2.54. The minimum Gasteiger partial charge on any atom is -0.493 e. The van der Waals surface area contributed by atoms with Crippen LogP contribution >= 0.6 is 11.8 Å². The third kappa shape index (κ3) is 4.03. The maximum Gasteiger partial charge on any atom is 0.269 e. The van der Waals surface area contributed by atoms with Gasteiger partial charge in [-0.15, -0.1) is 10.2 Å². The summed E-state index contributed by atoms with van der Waals surface area (Å²) in [5.41, 5.74) is 1.88. The SMILES string of the molecule is COc1ccc(CSc2nnc(-c3ccc([N+](=O)[O-])cc3)n2C)cc1OC. The quantitative estimate of drug-likeness (QED) is 0.347. The van der Waals surface area contributed by atoms with Gasteiger partial charge in [0, 0.05) is 30.5 Å². The van der Waals surface area contributed by atoms with Crippen LogP contribution in [-0.4, -0.2) is 33.9 Å². The van der Waals surface area contributed by atoms with Gasteiger partial charge in [0.2, 0.25) is 0 Å². The Balaban J connectivity index is 1.75. The standard InChI is InChI=1S/C18H18N4O4S/c1-21-17(13-5-7-14(8-6-13)22(23)24)19-20-18(21)27-11-12-4-9-15(25-2)16(10-12)26-3/h4-10H,11H2,1-3H3. The number of hydrogen-bond acceptors (Lipinski definition) is 7. The number of nitrogens with zero attached hydrogens (tertiary/aromatic N) is 4. The molecule has 0 bridgehead atoms. The van der Waals surface area contributed by atoms with Crippen molar-refractivity contribution in [1.82, 2.24) is 14.8 Å². The van der Waals surface area contributed by atoms with Gasteiger partial charge in [0.15, 0.2) is 22.5 Å². The van der Waals surface area contributed by atoms with E-state index in [2.05, 4.69) is 10.2 Å². The Labute approximate surface area is 160 Å². The van der Waals surface area contributed by atoms with Crippen molar-refractivity contribution in [1.29, 1.82) is 0 Å². The van der Waals surface area contributed by atoms with Gasteiger partial charge >= 0.3 is 0 Å². The first-order valence-electron chi connectivity index (χ1n) is 8.01. The lowest BCUT2D eigenvalue weighted by Gasteiger charge is -2.09. The van der Waals surface area contributed by atoms with Gasteiger partial charge in [0.1, 0.15) is 0 Å². The summed E-state index contributed by atoms with van der Waals surface area (Å²) in [4.78, 5) is 10.4. The lowest BCUT2D eigenvalue weighted by atomic mass is 10.2. The number of hydrogen-bond donors (Lipinski definition) is 0. The minimum atomic E-state index is -0.426. The van der Waals surface area contributed by atoms with Crippen LogP contribution in [-0.2, 0) is 12.8 Å². The highest BCUT2D eigenvalue weighted by molar-refractivity contribution is 7.98. The van der Waals surface area contributed by atoms with Crippen LogP contribution in [0.25, 0.3) is 11.4 Å². The molecule has 0 saturated carbocycles. The van der Waals surface area contributed by atoms with Crippen LogP contribution in [0.4, 0.5) is 5.69 Å². The van der Waals surface area contributed by atoms with Gasteiger partial charge in [-0.1, -0.05) is 17.8 Å². The fourth-order valence-corrected chi connectivity index (χ4v) is 3.40. The number of methoxy groups -OCH3 is 2. The summed E-state index contributed by atoms with van der Waals surface area (Å²) < 4.78 is 12.4. The van der Waals surface area contributed by atoms with Gasteiger partial charge in [-0.25, -0.2) is 0 Å². The Morgan fingerprint density at radius 3 is 2.41 bits per heavy atom. The van der Waals surface area contributed by atoms with Crippen LogP contribution in [0, 0.1) is 10.1 Å². The van der Waals surface area contributed by atoms with Crippen molar-refractivity contribution in [2.45, 2.75) is 10.9 Å². The third-order valence-corrected chi connectivity index (χ3v) is 5.08. The van der Waals surface area contributed by atoms with E-state index in [1.807, 2.05) is 29.8 Å². The highest BCUT2D eigenvalue weighted by Gasteiger charge is 2.13. The van der Waals surface area contributed by atoms with Crippen LogP contribution < -0.4 is 9.47 Å². The average Bonchev–Trinajstić information content (AvgIpc) is 3.06. The van der Waals surface area contributed by atoms with E-state index in [9.17, 15) is 10.1 Å². The molecule has 0 aliphatic rings. The van der Waals surface area contributed by atoms with Gasteiger partial charge in [-0.3, -0.25) is 10.1 Å². The summed E-state index contributed by atoms with van der Waals surface area (Å²) in [7, 11) is 5.08. The summed E-state index contributed by atoms with van der Waals surface area (Å²) in [6.07, 6.45) is 0. The molecule has 0 N–H and O–H groups in total. The van der Waals surface area contributed by atoms with Crippen molar-refractivity contribution in [3.8, 4) is 22.9 Å². The number of benzene rings is 2. The number of ether oxygens (including phenoxy) is 2. The molecule has 0 amide bonds. The van der Waals surface area contributed by atoms with Crippen LogP contribution in [0.5, 0.6) is 11.5 Å². The van der Waals surface area contributed by atoms with Gasteiger partial charge < -0.3 is 14.0 Å². The molecule has 0 atom stereocenters. The molecule has 0 saturated heterocycles. The number of rotatable bonds is 7. The van der Waals surface area contributed by atoms with Crippen molar-refractivity contribution < 1.29 is 14.4 Å². The first-order valence-corrected chi connectivity index (χ1v) is 9.00. The third-order valence-electron chi connectivity index (χ3n) is 3.99. The Bertz CT molecular complexity index is 956. The van der Waals surface area contributed by atoms with E-state index in [1.54, 1.807) is 38.1 Å². The molecule has 9 heteroatoms. The molecular formula is C18H18N4O4S. The van der Waals surface area contributed by atoms with Crippen molar-refractivity contribution in [3.63, 3.8) is 0 Å². The number of thioether (sulfide) groups is 1. The molecule has 0 aliphatic heterocycles. The molecule has 3 aromatic rings. The highest BCUT2D eigenvalue weighted by Crippen LogP contribution is 2.31. The number of nitro groups is 1. The number of aromatic nitrogens is 3. The molecule has 1 aromatic heterocycles. The molecular weight excluding hydrogens is 368 g/mol. The molecule has 0 spiro atoms. The molecule has 8 nitrogen and oxygen atoms in total. The second kappa shape index (κ2) is 8.09. The monoisotopic (exact) mass is 386 g/mol. The normalized spacial score (nSPS) is 10.6. The van der Waals surface area contributed by atoms with Crippen molar-refractivity contribution in [3.05, 3.63) is 58.1 Å². The molecule has 140 valence electrons. The van der Waals surface area contributed by atoms with Crippen LogP contribution in [0.2, 0.25) is 0 Å². The summed E-state index contributed by atoms with van der Waals surface area (Å²) in [6, 6.07) is 12.0. The molecule has 27 heavy (non-hydrogen) atoms. The second-order valence-corrected chi connectivity index (χ2v) is 6.59. The Morgan fingerprint density at radius 2 is 1.78 bits per heavy atom. The number of nitro benzene ring substituents is 1. The fraction of sp³-hybridized carbons (Fsp3) is 0.222. The minimum absolute atomic E-state index is 0.0453.